The van der Waals surface area contributed by atoms with E-state index in [1.165, 1.54) is 6.07 Å². The van der Waals surface area contributed by atoms with Gasteiger partial charge in [0.2, 0.25) is 0 Å². The minimum Gasteiger partial charge on any atom is -0.444 e. The Hall–Kier alpha value is -1.70. The Kier molecular flexibility index (Phi) is 4.89. The SMILES string of the molecule is O=C(NC(=S)Nc1cccc(CO)c1)c1ccc(Br)o1. The molecule has 0 atom stereocenters. The number of carbonyl (C=O) groups is 1. The molecule has 1 aromatic carbocycles. The van der Waals surface area contributed by atoms with Crippen molar-refractivity contribution in [2.24, 2.45) is 0 Å². The van der Waals surface area contributed by atoms with Crippen LogP contribution in [-0.2, 0) is 6.61 Å². The minimum absolute atomic E-state index is 0.0605. The van der Waals surface area contributed by atoms with Crippen LogP contribution in [0.3, 0.4) is 0 Å². The molecule has 3 N–H and O–H groups in total. The number of halogens is 1. The molecule has 0 aliphatic heterocycles. The van der Waals surface area contributed by atoms with Crippen molar-refractivity contribution >= 4 is 44.9 Å². The second-order valence-electron chi connectivity index (χ2n) is 3.87. The summed E-state index contributed by atoms with van der Waals surface area (Å²) in [4.78, 5) is 11.8. The molecule has 1 aromatic heterocycles. The molecule has 0 spiro atoms. The van der Waals surface area contributed by atoms with E-state index in [9.17, 15) is 4.79 Å². The lowest BCUT2D eigenvalue weighted by atomic mass is 10.2. The van der Waals surface area contributed by atoms with E-state index in [-0.39, 0.29) is 17.5 Å². The van der Waals surface area contributed by atoms with E-state index in [0.717, 1.165) is 5.56 Å². The van der Waals surface area contributed by atoms with E-state index in [1.807, 2.05) is 0 Å². The average Bonchev–Trinajstić information content (AvgIpc) is 2.85. The smallest absolute Gasteiger partial charge is 0.293 e. The highest BCUT2D eigenvalue weighted by Crippen LogP contribution is 2.14. The standard InChI is InChI=1S/C13H11BrN2O3S/c14-11-5-4-10(19-11)12(18)16-13(20)15-9-3-1-2-8(6-9)7-17/h1-6,17H,7H2,(H2,15,16,18,20). The molecule has 0 unspecified atom stereocenters. The van der Waals surface area contributed by atoms with Gasteiger partial charge < -0.3 is 14.8 Å². The van der Waals surface area contributed by atoms with Crippen molar-refractivity contribution in [1.82, 2.24) is 5.32 Å². The molecule has 1 heterocycles. The van der Waals surface area contributed by atoms with Crippen LogP contribution >= 0.6 is 28.1 Å². The Bertz CT molecular complexity index is 642. The fourth-order valence-corrected chi connectivity index (χ4v) is 2.03. The van der Waals surface area contributed by atoms with E-state index >= 15 is 0 Å². The summed E-state index contributed by atoms with van der Waals surface area (Å²) in [6.45, 7) is -0.0605. The number of rotatable bonds is 3. The molecule has 104 valence electrons. The number of hydrogen-bond donors (Lipinski definition) is 3. The lowest BCUT2D eigenvalue weighted by Crippen LogP contribution is -2.33. The summed E-state index contributed by atoms with van der Waals surface area (Å²) in [5.41, 5.74) is 1.43. The van der Waals surface area contributed by atoms with Gasteiger partial charge in [0.05, 0.1) is 6.61 Å². The van der Waals surface area contributed by atoms with Gasteiger partial charge in [0.15, 0.2) is 15.5 Å². The highest BCUT2D eigenvalue weighted by molar-refractivity contribution is 9.10. The summed E-state index contributed by atoms with van der Waals surface area (Å²) in [7, 11) is 0. The summed E-state index contributed by atoms with van der Waals surface area (Å²) in [5, 5.41) is 14.6. The van der Waals surface area contributed by atoms with Crippen molar-refractivity contribution in [1.29, 1.82) is 0 Å². The van der Waals surface area contributed by atoms with Crippen molar-refractivity contribution in [3.8, 4) is 0 Å². The Balaban J connectivity index is 1.96. The van der Waals surface area contributed by atoms with Crippen LogP contribution in [-0.4, -0.2) is 16.1 Å². The predicted octanol–water partition coefficient (Wildman–Crippen LogP) is 2.66. The Morgan fingerprint density at radius 3 is 2.80 bits per heavy atom. The maximum Gasteiger partial charge on any atom is 0.293 e. The van der Waals surface area contributed by atoms with Gasteiger partial charge in [-0.25, -0.2) is 0 Å². The normalized spacial score (nSPS) is 10.1. The van der Waals surface area contributed by atoms with Crippen molar-refractivity contribution in [2.75, 3.05) is 5.32 Å². The maximum atomic E-state index is 11.8. The van der Waals surface area contributed by atoms with Crippen LogP contribution in [0, 0.1) is 0 Å². The van der Waals surface area contributed by atoms with Crippen LogP contribution < -0.4 is 10.6 Å². The molecule has 0 saturated heterocycles. The summed E-state index contributed by atoms with van der Waals surface area (Å²) in [5.74, 6) is -0.281. The van der Waals surface area contributed by atoms with E-state index in [1.54, 1.807) is 30.3 Å². The lowest BCUT2D eigenvalue weighted by Gasteiger charge is -2.09. The van der Waals surface area contributed by atoms with Gasteiger partial charge >= 0.3 is 0 Å². The lowest BCUT2D eigenvalue weighted by molar-refractivity contribution is 0.0949. The van der Waals surface area contributed by atoms with Gasteiger partial charge in [-0.1, -0.05) is 12.1 Å². The maximum absolute atomic E-state index is 11.8. The van der Waals surface area contributed by atoms with Crippen LogP contribution in [0.25, 0.3) is 0 Å². The van der Waals surface area contributed by atoms with Gasteiger partial charge in [-0.05, 0) is 58.0 Å². The van der Waals surface area contributed by atoms with Gasteiger partial charge in [-0.2, -0.15) is 0 Å². The molecule has 0 radical (unpaired) electrons. The Morgan fingerprint density at radius 2 is 2.15 bits per heavy atom. The predicted molar refractivity (Wildman–Crippen MR) is 82.5 cm³/mol. The van der Waals surface area contributed by atoms with E-state index < -0.39 is 5.91 Å². The first kappa shape index (κ1) is 14.7. The van der Waals surface area contributed by atoms with E-state index in [2.05, 4.69) is 26.6 Å². The zero-order valence-corrected chi connectivity index (χ0v) is 12.6. The first-order valence-electron chi connectivity index (χ1n) is 5.66. The topological polar surface area (TPSA) is 74.5 Å². The third-order valence-electron chi connectivity index (χ3n) is 2.39. The zero-order chi connectivity index (χ0) is 14.5. The number of benzene rings is 1. The first-order chi connectivity index (χ1) is 9.58. The number of nitrogens with one attached hydrogen (secondary N) is 2. The third-order valence-corrected chi connectivity index (χ3v) is 3.02. The molecule has 1 amide bonds. The molecular formula is C13H11BrN2O3S. The van der Waals surface area contributed by atoms with Crippen LogP contribution in [0.4, 0.5) is 5.69 Å². The van der Waals surface area contributed by atoms with Crippen molar-refractivity contribution in [2.45, 2.75) is 6.61 Å². The number of thiocarbonyl (C=S) groups is 1. The molecule has 0 aliphatic rings. The number of aliphatic hydroxyl groups is 1. The van der Waals surface area contributed by atoms with Gasteiger partial charge in [0, 0.05) is 5.69 Å². The average molecular weight is 355 g/mol. The van der Waals surface area contributed by atoms with Crippen LogP contribution in [0.2, 0.25) is 0 Å². The zero-order valence-electron chi connectivity index (χ0n) is 10.2. The number of furan rings is 1. The fourth-order valence-electron chi connectivity index (χ4n) is 1.51. The Morgan fingerprint density at radius 1 is 1.35 bits per heavy atom. The van der Waals surface area contributed by atoms with Crippen LogP contribution in [0.1, 0.15) is 16.1 Å². The summed E-state index contributed by atoms with van der Waals surface area (Å²) < 4.78 is 5.59. The molecule has 5 nitrogen and oxygen atoms in total. The molecule has 0 fully saturated rings. The number of carbonyl (C=O) groups excluding carboxylic acids is 1. The number of amides is 1. The number of anilines is 1. The van der Waals surface area contributed by atoms with E-state index in [4.69, 9.17) is 21.7 Å². The van der Waals surface area contributed by atoms with Crippen molar-refractivity contribution in [3.05, 3.63) is 52.4 Å². The first-order valence-corrected chi connectivity index (χ1v) is 6.86. The third kappa shape index (κ3) is 3.89. The largest absolute Gasteiger partial charge is 0.444 e. The quantitative estimate of drug-likeness (QED) is 0.739. The molecule has 0 bridgehead atoms. The second-order valence-corrected chi connectivity index (χ2v) is 5.06. The van der Waals surface area contributed by atoms with Gasteiger partial charge in [0.1, 0.15) is 0 Å². The highest BCUT2D eigenvalue weighted by atomic mass is 79.9. The van der Waals surface area contributed by atoms with Crippen LogP contribution in [0.5, 0.6) is 0 Å². The molecular weight excluding hydrogens is 344 g/mol. The molecule has 2 aromatic rings. The van der Waals surface area contributed by atoms with Gasteiger partial charge in [0.25, 0.3) is 5.91 Å². The molecule has 0 saturated carbocycles. The number of aliphatic hydroxyl groups excluding tert-OH is 1. The van der Waals surface area contributed by atoms with Crippen molar-refractivity contribution < 1.29 is 14.3 Å². The number of hydrogen-bond acceptors (Lipinski definition) is 4. The van der Waals surface area contributed by atoms with Crippen molar-refractivity contribution in [3.63, 3.8) is 0 Å². The van der Waals surface area contributed by atoms with Crippen LogP contribution in [0.15, 0.2) is 45.5 Å². The highest BCUT2D eigenvalue weighted by Gasteiger charge is 2.12. The van der Waals surface area contributed by atoms with Gasteiger partial charge in [-0.15, -0.1) is 0 Å². The summed E-state index contributed by atoms with van der Waals surface area (Å²) in [6, 6.07) is 10.2. The Labute approximate surface area is 129 Å². The molecule has 7 heteroatoms. The molecule has 0 aliphatic carbocycles. The monoisotopic (exact) mass is 354 g/mol. The minimum atomic E-state index is -0.438. The molecule has 20 heavy (non-hydrogen) atoms. The summed E-state index contributed by atoms with van der Waals surface area (Å²) in [6.07, 6.45) is 0. The molecule has 2 rings (SSSR count). The van der Waals surface area contributed by atoms with Gasteiger partial charge in [-0.3, -0.25) is 10.1 Å². The fraction of sp³-hybridized carbons (Fsp3) is 0.0769. The second kappa shape index (κ2) is 6.65. The van der Waals surface area contributed by atoms with E-state index in [0.29, 0.717) is 10.4 Å². The summed E-state index contributed by atoms with van der Waals surface area (Å²) >= 11 is 8.16.